The second kappa shape index (κ2) is 3.09. The summed E-state index contributed by atoms with van der Waals surface area (Å²) < 4.78 is 27.6. The van der Waals surface area contributed by atoms with Gasteiger partial charge in [-0.1, -0.05) is 0 Å². The number of aliphatic hydroxyl groups excluding tert-OH is 1. The van der Waals surface area contributed by atoms with Crippen molar-refractivity contribution in [2.24, 2.45) is 11.1 Å². The molecule has 0 aromatic carbocycles. The molecule has 1 heterocycles. The van der Waals surface area contributed by atoms with E-state index in [0.29, 0.717) is 11.3 Å². The summed E-state index contributed by atoms with van der Waals surface area (Å²) in [6, 6.07) is 1.37. The normalized spacial score (nSPS) is 32.8. The largest absolute Gasteiger partial charge is 0.448 e. The molecule has 0 spiro atoms. The molecule has 6 heteroatoms. The summed E-state index contributed by atoms with van der Waals surface area (Å²) >= 11 is 0. The number of primary sulfonamides is 1. The Morgan fingerprint density at radius 1 is 1.44 bits per heavy atom. The molecule has 0 amide bonds. The molecule has 1 saturated carbocycles. The average Bonchev–Trinajstić information content (AvgIpc) is 2.80. The quantitative estimate of drug-likeness (QED) is 0.764. The Morgan fingerprint density at radius 2 is 2.19 bits per heavy atom. The van der Waals surface area contributed by atoms with Crippen LogP contribution in [0.2, 0.25) is 0 Å². The van der Waals surface area contributed by atoms with Gasteiger partial charge in [0, 0.05) is 17.5 Å². The Morgan fingerprint density at radius 3 is 2.88 bits per heavy atom. The first-order chi connectivity index (χ1) is 7.47. The Kier molecular flexibility index (Phi) is 1.99. The van der Waals surface area contributed by atoms with Crippen molar-refractivity contribution in [1.82, 2.24) is 0 Å². The molecule has 3 rings (SSSR count). The van der Waals surface area contributed by atoms with Gasteiger partial charge in [0.2, 0.25) is 5.09 Å². The predicted octanol–water partition coefficient (Wildman–Crippen LogP) is 0.858. The number of aliphatic hydroxyl groups is 1. The van der Waals surface area contributed by atoms with E-state index in [0.717, 1.165) is 19.3 Å². The molecule has 16 heavy (non-hydrogen) atoms. The number of sulfonamides is 1. The van der Waals surface area contributed by atoms with Gasteiger partial charge in [-0.05, 0) is 25.2 Å². The van der Waals surface area contributed by atoms with E-state index in [9.17, 15) is 13.5 Å². The first kappa shape index (κ1) is 10.3. The van der Waals surface area contributed by atoms with Crippen LogP contribution in [0.3, 0.4) is 0 Å². The van der Waals surface area contributed by atoms with E-state index in [1.54, 1.807) is 0 Å². The summed E-state index contributed by atoms with van der Waals surface area (Å²) in [4.78, 5) is 0. The van der Waals surface area contributed by atoms with Crippen LogP contribution in [0, 0.1) is 5.92 Å². The molecule has 0 radical (unpaired) electrons. The fourth-order valence-corrected chi connectivity index (χ4v) is 3.38. The zero-order valence-electron chi connectivity index (χ0n) is 8.59. The number of nitrogens with two attached hydrogens (primary N) is 1. The van der Waals surface area contributed by atoms with Gasteiger partial charge < -0.3 is 9.52 Å². The van der Waals surface area contributed by atoms with Crippen LogP contribution in [0.15, 0.2) is 15.6 Å². The fourth-order valence-electron chi connectivity index (χ4n) is 2.88. The van der Waals surface area contributed by atoms with Crippen LogP contribution in [0.4, 0.5) is 0 Å². The maximum absolute atomic E-state index is 11.2. The maximum Gasteiger partial charge on any atom is 0.271 e. The zero-order valence-corrected chi connectivity index (χ0v) is 9.40. The second-order valence-electron chi connectivity index (χ2n) is 4.64. The van der Waals surface area contributed by atoms with Gasteiger partial charge in [-0.15, -0.1) is 0 Å². The van der Waals surface area contributed by atoms with Gasteiger partial charge in [0.1, 0.15) is 5.76 Å². The Bertz CT molecular complexity index is 520. The minimum absolute atomic E-state index is 0.232. The third-order valence-electron chi connectivity index (χ3n) is 3.66. The van der Waals surface area contributed by atoms with Gasteiger partial charge in [0.05, 0.1) is 6.10 Å². The van der Waals surface area contributed by atoms with Gasteiger partial charge in [-0.25, -0.2) is 13.6 Å². The lowest BCUT2D eigenvalue weighted by Gasteiger charge is -2.23. The smallest absolute Gasteiger partial charge is 0.271 e. The minimum Gasteiger partial charge on any atom is -0.448 e. The van der Waals surface area contributed by atoms with Crippen LogP contribution in [0.5, 0.6) is 0 Å². The van der Waals surface area contributed by atoms with Crippen molar-refractivity contribution in [3.8, 4) is 0 Å². The first-order valence-electron chi connectivity index (χ1n) is 5.31. The molecule has 3 atom stereocenters. The molecule has 1 aromatic heterocycles. The minimum atomic E-state index is -3.81. The Hall–Kier alpha value is -0.850. The Balaban J connectivity index is 2.15. The van der Waals surface area contributed by atoms with Crippen LogP contribution in [-0.4, -0.2) is 13.5 Å². The van der Waals surface area contributed by atoms with Crippen LogP contribution < -0.4 is 5.14 Å². The van der Waals surface area contributed by atoms with E-state index in [1.165, 1.54) is 6.07 Å². The van der Waals surface area contributed by atoms with Crippen molar-refractivity contribution in [2.45, 2.75) is 36.4 Å². The average molecular weight is 243 g/mol. The van der Waals surface area contributed by atoms with Crippen molar-refractivity contribution in [2.75, 3.05) is 0 Å². The van der Waals surface area contributed by atoms with E-state index in [4.69, 9.17) is 9.56 Å². The molecule has 5 nitrogen and oxygen atoms in total. The van der Waals surface area contributed by atoms with Gasteiger partial charge in [-0.2, -0.15) is 0 Å². The van der Waals surface area contributed by atoms with Crippen molar-refractivity contribution < 1.29 is 17.9 Å². The van der Waals surface area contributed by atoms with Crippen LogP contribution in [0.25, 0.3) is 0 Å². The standard InChI is InChI=1S/C10H13NO4S/c11-16(13,14)8-4-7-9(12)5-1-2-6(3-5)10(7)15-8/h4-6,9,12H,1-3H2,(H2,11,13,14). The number of hydrogen-bond acceptors (Lipinski definition) is 4. The topological polar surface area (TPSA) is 93.5 Å². The number of hydrogen-bond donors (Lipinski definition) is 2. The summed E-state index contributed by atoms with van der Waals surface area (Å²) in [5, 5.41) is 14.8. The van der Waals surface area contributed by atoms with E-state index < -0.39 is 16.1 Å². The predicted molar refractivity (Wildman–Crippen MR) is 55.1 cm³/mol. The van der Waals surface area contributed by atoms with Crippen molar-refractivity contribution in [3.05, 3.63) is 17.4 Å². The van der Waals surface area contributed by atoms with Gasteiger partial charge in [0.25, 0.3) is 10.0 Å². The van der Waals surface area contributed by atoms with Crippen LogP contribution in [0.1, 0.15) is 42.6 Å². The molecule has 2 aliphatic rings. The molecule has 0 aliphatic heterocycles. The van der Waals surface area contributed by atoms with Gasteiger partial charge in [0.15, 0.2) is 0 Å². The SMILES string of the molecule is NS(=O)(=O)c1cc2c(o1)C1CCC(C1)C2O. The zero-order chi connectivity index (χ0) is 11.5. The molecule has 2 aliphatic carbocycles. The molecule has 3 N–H and O–H groups in total. The van der Waals surface area contributed by atoms with Crippen molar-refractivity contribution >= 4 is 10.0 Å². The van der Waals surface area contributed by atoms with E-state index in [-0.39, 0.29) is 16.9 Å². The summed E-state index contributed by atoms with van der Waals surface area (Å²) in [6.45, 7) is 0. The van der Waals surface area contributed by atoms with E-state index in [2.05, 4.69) is 0 Å². The highest BCUT2D eigenvalue weighted by Crippen LogP contribution is 2.52. The van der Waals surface area contributed by atoms with E-state index in [1.807, 2.05) is 0 Å². The molecule has 88 valence electrons. The third-order valence-corrected chi connectivity index (χ3v) is 4.42. The lowest BCUT2D eigenvalue weighted by atomic mass is 9.86. The molecular weight excluding hydrogens is 230 g/mol. The number of fused-ring (bicyclic) bond motifs is 4. The number of furan rings is 1. The highest BCUT2D eigenvalue weighted by Gasteiger charge is 2.42. The summed E-state index contributed by atoms with van der Waals surface area (Å²) in [5.41, 5.74) is 0.614. The lowest BCUT2D eigenvalue weighted by Crippen LogP contribution is -2.15. The highest BCUT2D eigenvalue weighted by molar-refractivity contribution is 7.89. The third kappa shape index (κ3) is 1.33. The molecule has 1 aromatic rings. The summed E-state index contributed by atoms with van der Waals surface area (Å²) in [5.74, 6) is 1.10. The van der Waals surface area contributed by atoms with E-state index >= 15 is 0 Å². The summed E-state index contributed by atoms with van der Waals surface area (Å²) in [6.07, 6.45) is 2.20. The summed E-state index contributed by atoms with van der Waals surface area (Å²) in [7, 11) is -3.81. The van der Waals surface area contributed by atoms with Crippen LogP contribution >= 0.6 is 0 Å². The Labute approximate surface area is 93.3 Å². The van der Waals surface area contributed by atoms with Crippen LogP contribution in [-0.2, 0) is 10.0 Å². The monoisotopic (exact) mass is 243 g/mol. The second-order valence-corrected chi connectivity index (χ2v) is 6.14. The van der Waals surface area contributed by atoms with Crippen molar-refractivity contribution in [3.63, 3.8) is 0 Å². The molecule has 2 bridgehead atoms. The molecular formula is C10H13NO4S. The first-order valence-corrected chi connectivity index (χ1v) is 6.86. The van der Waals surface area contributed by atoms with Gasteiger partial charge >= 0.3 is 0 Å². The lowest BCUT2D eigenvalue weighted by molar-refractivity contribution is 0.101. The van der Waals surface area contributed by atoms with Crippen molar-refractivity contribution in [1.29, 1.82) is 0 Å². The molecule has 3 unspecified atom stereocenters. The molecule has 0 saturated heterocycles. The highest BCUT2D eigenvalue weighted by atomic mass is 32.2. The van der Waals surface area contributed by atoms with Gasteiger partial charge in [-0.3, -0.25) is 0 Å². The molecule has 1 fully saturated rings. The number of rotatable bonds is 1. The fraction of sp³-hybridized carbons (Fsp3) is 0.600. The maximum atomic E-state index is 11.2.